The lowest BCUT2D eigenvalue weighted by molar-refractivity contribution is 0.262. The van der Waals surface area contributed by atoms with Gasteiger partial charge in [0.1, 0.15) is 0 Å². The summed E-state index contributed by atoms with van der Waals surface area (Å²) in [7, 11) is 2.14. The summed E-state index contributed by atoms with van der Waals surface area (Å²) in [4.78, 5) is 3.48. The van der Waals surface area contributed by atoms with E-state index < -0.39 is 0 Å². The molecular formula is C12H23NS. The Kier molecular flexibility index (Phi) is 4.86. The van der Waals surface area contributed by atoms with Crippen LogP contribution in [0.1, 0.15) is 46.0 Å². The normalized spacial score (nSPS) is 28.2. The van der Waals surface area contributed by atoms with Gasteiger partial charge in [-0.1, -0.05) is 38.9 Å². The molecule has 1 aliphatic heterocycles. The standard InChI is InChI=1S/C12H23NS/c1-4-6-7-10-8-9-13(3)12(14)11(10)5-2/h10-11H,4-9H2,1-3H3. The van der Waals surface area contributed by atoms with Crippen molar-refractivity contribution in [3.05, 3.63) is 0 Å². The number of unbranched alkanes of at least 4 members (excludes halogenated alkanes) is 1. The minimum Gasteiger partial charge on any atom is -0.369 e. The van der Waals surface area contributed by atoms with Crippen LogP contribution in [-0.4, -0.2) is 23.5 Å². The number of nitrogens with zero attached hydrogens (tertiary/aromatic N) is 1. The first-order chi connectivity index (χ1) is 6.70. The second-order valence-corrected chi connectivity index (χ2v) is 4.88. The number of hydrogen-bond donors (Lipinski definition) is 0. The summed E-state index contributed by atoms with van der Waals surface area (Å²) in [5.41, 5.74) is 0. The molecule has 1 aliphatic rings. The molecule has 1 heterocycles. The average Bonchev–Trinajstić information content (AvgIpc) is 2.20. The van der Waals surface area contributed by atoms with E-state index in [9.17, 15) is 0 Å². The van der Waals surface area contributed by atoms with Crippen LogP contribution < -0.4 is 0 Å². The van der Waals surface area contributed by atoms with Gasteiger partial charge >= 0.3 is 0 Å². The molecule has 2 heteroatoms. The highest BCUT2D eigenvalue weighted by molar-refractivity contribution is 7.80. The highest BCUT2D eigenvalue weighted by atomic mass is 32.1. The molecule has 0 aromatic rings. The van der Waals surface area contributed by atoms with E-state index in [4.69, 9.17) is 12.2 Å². The van der Waals surface area contributed by atoms with Crippen molar-refractivity contribution in [2.24, 2.45) is 11.8 Å². The van der Waals surface area contributed by atoms with Gasteiger partial charge in [0, 0.05) is 19.5 Å². The third kappa shape index (κ3) is 2.69. The van der Waals surface area contributed by atoms with E-state index in [1.54, 1.807) is 0 Å². The van der Waals surface area contributed by atoms with Gasteiger partial charge in [0.15, 0.2) is 0 Å². The van der Waals surface area contributed by atoms with Gasteiger partial charge in [-0.2, -0.15) is 0 Å². The van der Waals surface area contributed by atoms with Crippen LogP contribution in [0.2, 0.25) is 0 Å². The average molecular weight is 213 g/mol. The number of piperidine rings is 1. The van der Waals surface area contributed by atoms with Gasteiger partial charge < -0.3 is 4.90 Å². The Morgan fingerprint density at radius 1 is 1.43 bits per heavy atom. The van der Waals surface area contributed by atoms with E-state index in [0.29, 0.717) is 5.92 Å². The van der Waals surface area contributed by atoms with Crippen LogP contribution in [0.5, 0.6) is 0 Å². The lowest BCUT2D eigenvalue weighted by Crippen LogP contribution is -2.41. The summed E-state index contributed by atoms with van der Waals surface area (Å²) in [5.74, 6) is 1.54. The molecule has 0 aromatic carbocycles. The predicted octanol–water partition coefficient (Wildman–Crippen LogP) is 3.48. The van der Waals surface area contributed by atoms with Crippen molar-refractivity contribution in [2.45, 2.75) is 46.0 Å². The summed E-state index contributed by atoms with van der Waals surface area (Å²) in [6.45, 7) is 5.72. The van der Waals surface area contributed by atoms with E-state index in [-0.39, 0.29) is 0 Å². The highest BCUT2D eigenvalue weighted by Crippen LogP contribution is 2.31. The zero-order chi connectivity index (χ0) is 10.6. The van der Waals surface area contributed by atoms with E-state index in [0.717, 1.165) is 5.92 Å². The topological polar surface area (TPSA) is 3.24 Å². The highest BCUT2D eigenvalue weighted by Gasteiger charge is 2.29. The molecule has 1 nitrogen and oxygen atoms in total. The molecule has 2 unspecified atom stereocenters. The summed E-state index contributed by atoms with van der Waals surface area (Å²) in [6, 6.07) is 0. The Morgan fingerprint density at radius 2 is 2.14 bits per heavy atom. The summed E-state index contributed by atoms with van der Waals surface area (Å²) < 4.78 is 0. The molecular weight excluding hydrogens is 190 g/mol. The first kappa shape index (κ1) is 12.0. The Labute approximate surface area is 93.9 Å². The maximum absolute atomic E-state index is 5.50. The predicted molar refractivity (Wildman–Crippen MR) is 66.6 cm³/mol. The second-order valence-electron chi connectivity index (χ2n) is 4.47. The molecule has 0 spiro atoms. The molecule has 0 bridgehead atoms. The number of rotatable bonds is 4. The zero-order valence-corrected chi connectivity index (χ0v) is 10.6. The fourth-order valence-corrected chi connectivity index (χ4v) is 2.93. The third-order valence-corrected chi connectivity index (χ3v) is 4.08. The smallest absolute Gasteiger partial charge is 0.0810 e. The molecule has 0 aliphatic carbocycles. The number of thiocarbonyl (C=S) groups is 1. The lowest BCUT2D eigenvalue weighted by atomic mass is 9.80. The van der Waals surface area contributed by atoms with Crippen molar-refractivity contribution in [2.75, 3.05) is 13.6 Å². The molecule has 1 saturated heterocycles. The van der Waals surface area contributed by atoms with Crippen LogP contribution in [0.15, 0.2) is 0 Å². The van der Waals surface area contributed by atoms with E-state index in [2.05, 4.69) is 25.8 Å². The molecule has 14 heavy (non-hydrogen) atoms. The molecule has 0 aromatic heterocycles. The van der Waals surface area contributed by atoms with Gasteiger partial charge in [-0.05, 0) is 25.2 Å². The molecule has 1 fully saturated rings. The Hall–Kier alpha value is -0.110. The van der Waals surface area contributed by atoms with Crippen molar-refractivity contribution in [3.8, 4) is 0 Å². The fraction of sp³-hybridized carbons (Fsp3) is 0.917. The quantitative estimate of drug-likeness (QED) is 0.658. The van der Waals surface area contributed by atoms with Crippen LogP contribution in [0.4, 0.5) is 0 Å². The maximum Gasteiger partial charge on any atom is 0.0810 e. The van der Waals surface area contributed by atoms with Crippen molar-refractivity contribution >= 4 is 17.2 Å². The van der Waals surface area contributed by atoms with E-state index >= 15 is 0 Å². The van der Waals surface area contributed by atoms with Gasteiger partial charge in [0.05, 0.1) is 4.99 Å². The van der Waals surface area contributed by atoms with Crippen molar-refractivity contribution in [1.82, 2.24) is 4.90 Å². The van der Waals surface area contributed by atoms with Gasteiger partial charge in [0.25, 0.3) is 0 Å². The maximum atomic E-state index is 5.50. The van der Waals surface area contributed by atoms with E-state index in [1.165, 1.54) is 43.6 Å². The van der Waals surface area contributed by atoms with Crippen LogP contribution in [0.3, 0.4) is 0 Å². The lowest BCUT2D eigenvalue weighted by Gasteiger charge is -2.38. The van der Waals surface area contributed by atoms with Crippen LogP contribution in [0.25, 0.3) is 0 Å². The molecule has 82 valence electrons. The van der Waals surface area contributed by atoms with Crippen molar-refractivity contribution < 1.29 is 0 Å². The minimum atomic E-state index is 0.676. The molecule has 0 N–H and O–H groups in total. The summed E-state index contributed by atoms with van der Waals surface area (Å²) in [6.07, 6.45) is 6.62. The van der Waals surface area contributed by atoms with E-state index in [1.807, 2.05) is 0 Å². The van der Waals surface area contributed by atoms with Gasteiger partial charge in [-0.3, -0.25) is 0 Å². The van der Waals surface area contributed by atoms with Crippen molar-refractivity contribution in [3.63, 3.8) is 0 Å². The first-order valence-electron chi connectivity index (χ1n) is 5.95. The third-order valence-electron chi connectivity index (χ3n) is 3.47. The SMILES string of the molecule is CCCCC1CCN(C)C(=S)C1CC. The Bertz CT molecular complexity index is 189. The van der Waals surface area contributed by atoms with Crippen LogP contribution >= 0.6 is 12.2 Å². The molecule has 0 radical (unpaired) electrons. The largest absolute Gasteiger partial charge is 0.369 e. The Morgan fingerprint density at radius 3 is 2.71 bits per heavy atom. The molecule has 0 amide bonds. The Balaban J connectivity index is 2.53. The monoisotopic (exact) mass is 213 g/mol. The number of likely N-dealkylation sites (tertiary alicyclic amines) is 1. The van der Waals surface area contributed by atoms with Gasteiger partial charge in [0.2, 0.25) is 0 Å². The first-order valence-corrected chi connectivity index (χ1v) is 6.36. The van der Waals surface area contributed by atoms with Gasteiger partial charge in [-0.15, -0.1) is 0 Å². The van der Waals surface area contributed by atoms with Crippen LogP contribution in [-0.2, 0) is 0 Å². The fourth-order valence-electron chi connectivity index (χ4n) is 2.48. The number of hydrogen-bond acceptors (Lipinski definition) is 1. The second kappa shape index (κ2) is 5.69. The van der Waals surface area contributed by atoms with Crippen molar-refractivity contribution in [1.29, 1.82) is 0 Å². The van der Waals surface area contributed by atoms with Gasteiger partial charge in [-0.25, -0.2) is 0 Å². The zero-order valence-electron chi connectivity index (χ0n) is 9.75. The minimum absolute atomic E-state index is 0.676. The molecule has 2 atom stereocenters. The molecule has 0 saturated carbocycles. The summed E-state index contributed by atoms with van der Waals surface area (Å²) in [5, 5.41) is 0. The summed E-state index contributed by atoms with van der Waals surface area (Å²) >= 11 is 5.50. The molecule has 1 rings (SSSR count). The van der Waals surface area contributed by atoms with Crippen LogP contribution in [0, 0.1) is 11.8 Å².